The second kappa shape index (κ2) is 6.92. The van der Waals surface area contributed by atoms with Crippen LogP contribution in [0.1, 0.15) is 57.8 Å². The topological polar surface area (TPSA) is 66.4 Å². The summed E-state index contributed by atoms with van der Waals surface area (Å²) in [7, 11) is 0. The standard InChI is InChI=1S/C15H25NO3/c17-14(16-10-9-11-5-1-2-6-11)12-7-3-4-8-13(12)15(18)19/h11-13H,1-10H2,(H,16,17)(H,18,19)/t12-,13+/m1/s1. The van der Waals surface area contributed by atoms with Gasteiger partial charge in [-0.05, 0) is 25.2 Å². The highest BCUT2D eigenvalue weighted by molar-refractivity contribution is 5.84. The summed E-state index contributed by atoms with van der Waals surface area (Å²) in [5, 5.41) is 12.1. The van der Waals surface area contributed by atoms with Crippen molar-refractivity contribution in [2.75, 3.05) is 6.54 Å². The average Bonchev–Trinajstić information content (AvgIpc) is 2.91. The summed E-state index contributed by atoms with van der Waals surface area (Å²) in [5.74, 6) is -0.863. The van der Waals surface area contributed by atoms with Crippen LogP contribution < -0.4 is 5.32 Å². The Morgan fingerprint density at radius 3 is 2.16 bits per heavy atom. The Hall–Kier alpha value is -1.06. The summed E-state index contributed by atoms with van der Waals surface area (Å²) in [5.41, 5.74) is 0. The zero-order valence-corrected chi connectivity index (χ0v) is 11.6. The number of carbonyl (C=O) groups excluding carboxylic acids is 1. The SMILES string of the molecule is O=C(O)[C@H]1CCCC[C@H]1C(=O)NCCC1CCCC1. The molecule has 0 saturated heterocycles. The first-order valence-electron chi connectivity index (χ1n) is 7.69. The number of rotatable bonds is 5. The lowest BCUT2D eigenvalue weighted by Gasteiger charge is -2.27. The Labute approximate surface area is 115 Å². The molecule has 4 nitrogen and oxygen atoms in total. The third-order valence-electron chi connectivity index (χ3n) is 4.75. The van der Waals surface area contributed by atoms with Crippen molar-refractivity contribution in [1.82, 2.24) is 5.32 Å². The average molecular weight is 267 g/mol. The molecule has 0 bridgehead atoms. The quantitative estimate of drug-likeness (QED) is 0.804. The van der Waals surface area contributed by atoms with E-state index in [-0.39, 0.29) is 11.8 Å². The van der Waals surface area contributed by atoms with E-state index < -0.39 is 11.9 Å². The van der Waals surface area contributed by atoms with Gasteiger partial charge in [0, 0.05) is 6.54 Å². The minimum Gasteiger partial charge on any atom is -0.481 e. The molecule has 4 heteroatoms. The molecule has 0 unspecified atom stereocenters. The minimum atomic E-state index is -0.810. The Kier molecular flexibility index (Phi) is 5.23. The Morgan fingerprint density at radius 1 is 0.947 bits per heavy atom. The van der Waals surface area contributed by atoms with E-state index >= 15 is 0 Å². The highest BCUT2D eigenvalue weighted by Gasteiger charge is 2.35. The van der Waals surface area contributed by atoms with Gasteiger partial charge in [-0.3, -0.25) is 9.59 Å². The first kappa shape index (κ1) is 14.4. The zero-order valence-electron chi connectivity index (χ0n) is 11.6. The fraction of sp³-hybridized carbons (Fsp3) is 0.867. The molecule has 2 rings (SSSR count). The first-order valence-corrected chi connectivity index (χ1v) is 7.69. The summed E-state index contributed by atoms with van der Waals surface area (Å²) in [4.78, 5) is 23.3. The molecule has 2 saturated carbocycles. The highest BCUT2D eigenvalue weighted by atomic mass is 16.4. The number of carbonyl (C=O) groups is 2. The second-order valence-corrected chi connectivity index (χ2v) is 6.07. The highest BCUT2D eigenvalue weighted by Crippen LogP contribution is 2.31. The number of aliphatic carboxylic acids is 1. The fourth-order valence-electron chi connectivity index (χ4n) is 3.57. The summed E-state index contributed by atoms with van der Waals surface area (Å²) in [6.07, 6.45) is 9.56. The van der Waals surface area contributed by atoms with Crippen molar-refractivity contribution in [3.05, 3.63) is 0 Å². The van der Waals surface area contributed by atoms with E-state index in [4.69, 9.17) is 0 Å². The summed E-state index contributed by atoms with van der Waals surface area (Å²) in [6, 6.07) is 0. The molecule has 0 aromatic rings. The molecule has 0 aromatic heterocycles. The maximum atomic E-state index is 12.1. The summed E-state index contributed by atoms with van der Waals surface area (Å²) in [6.45, 7) is 0.715. The van der Waals surface area contributed by atoms with Gasteiger partial charge in [0.05, 0.1) is 11.8 Å². The monoisotopic (exact) mass is 267 g/mol. The molecule has 2 aliphatic carbocycles. The number of carboxylic acids is 1. The molecular formula is C15H25NO3. The van der Waals surface area contributed by atoms with Gasteiger partial charge in [-0.15, -0.1) is 0 Å². The van der Waals surface area contributed by atoms with Crippen molar-refractivity contribution in [2.24, 2.45) is 17.8 Å². The van der Waals surface area contributed by atoms with Gasteiger partial charge in [-0.1, -0.05) is 38.5 Å². The number of hydrogen-bond donors (Lipinski definition) is 2. The van der Waals surface area contributed by atoms with Gasteiger partial charge in [0.25, 0.3) is 0 Å². The normalized spacial score (nSPS) is 28.2. The minimum absolute atomic E-state index is 0.0369. The van der Waals surface area contributed by atoms with E-state index in [2.05, 4.69) is 5.32 Å². The Morgan fingerprint density at radius 2 is 1.53 bits per heavy atom. The van der Waals surface area contributed by atoms with Crippen molar-refractivity contribution in [1.29, 1.82) is 0 Å². The van der Waals surface area contributed by atoms with E-state index in [1.165, 1.54) is 25.7 Å². The Bertz CT molecular complexity index is 323. The van der Waals surface area contributed by atoms with Crippen molar-refractivity contribution >= 4 is 11.9 Å². The van der Waals surface area contributed by atoms with Crippen molar-refractivity contribution in [2.45, 2.75) is 57.8 Å². The van der Waals surface area contributed by atoms with Crippen molar-refractivity contribution < 1.29 is 14.7 Å². The van der Waals surface area contributed by atoms with Crippen LogP contribution in [0, 0.1) is 17.8 Å². The van der Waals surface area contributed by atoms with Crippen LogP contribution in [0.15, 0.2) is 0 Å². The molecular weight excluding hydrogens is 242 g/mol. The summed E-state index contributed by atoms with van der Waals surface area (Å²) < 4.78 is 0. The maximum Gasteiger partial charge on any atom is 0.307 e. The largest absolute Gasteiger partial charge is 0.481 e. The lowest BCUT2D eigenvalue weighted by molar-refractivity contribution is -0.148. The molecule has 2 atom stereocenters. The number of hydrogen-bond acceptors (Lipinski definition) is 2. The van der Waals surface area contributed by atoms with Crippen LogP contribution >= 0.6 is 0 Å². The van der Waals surface area contributed by atoms with Crippen LogP contribution in [0.2, 0.25) is 0 Å². The van der Waals surface area contributed by atoms with Gasteiger partial charge in [-0.25, -0.2) is 0 Å². The molecule has 2 fully saturated rings. The van der Waals surface area contributed by atoms with Crippen LogP contribution in [-0.4, -0.2) is 23.5 Å². The smallest absolute Gasteiger partial charge is 0.307 e. The molecule has 19 heavy (non-hydrogen) atoms. The van der Waals surface area contributed by atoms with Gasteiger partial charge in [0.1, 0.15) is 0 Å². The lowest BCUT2D eigenvalue weighted by Crippen LogP contribution is -2.40. The predicted octanol–water partition coefficient (Wildman–Crippen LogP) is 2.57. The third-order valence-corrected chi connectivity index (χ3v) is 4.75. The molecule has 0 spiro atoms. The van der Waals surface area contributed by atoms with E-state index in [0.29, 0.717) is 13.0 Å². The zero-order chi connectivity index (χ0) is 13.7. The second-order valence-electron chi connectivity index (χ2n) is 6.07. The van der Waals surface area contributed by atoms with E-state index in [9.17, 15) is 14.7 Å². The molecule has 0 aromatic carbocycles. The molecule has 2 aliphatic rings. The molecule has 0 radical (unpaired) electrons. The molecule has 108 valence electrons. The number of carboxylic acid groups (broad SMARTS) is 1. The van der Waals surface area contributed by atoms with Crippen LogP contribution in [0.25, 0.3) is 0 Å². The van der Waals surface area contributed by atoms with Crippen molar-refractivity contribution in [3.63, 3.8) is 0 Å². The van der Waals surface area contributed by atoms with Gasteiger partial charge in [0.2, 0.25) is 5.91 Å². The predicted molar refractivity (Wildman–Crippen MR) is 72.7 cm³/mol. The molecule has 2 N–H and O–H groups in total. The maximum absolute atomic E-state index is 12.1. The Balaban J connectivity index is 1.75. The van der Waals surface area contributed by atoms with Gasteiger partial charge >= 0.3 is 5.97 Å². The number of amides is 1. The van der Waals surface area contributed by atoms with E-state index in [1.54, 1.807) is 0 Å². The fourth-order valence-corrected chi connectivity index (χ4v) is 3.57. The summed E-state index contributed by atoms with van der Waals surface area (Å²) >= 11 is 0. The van der Waals surface area contributed by atoms with Gasteiger partial charge in [0.15, 0.2) is 0 Å². The van der Waals surface area contributed by atoms with Crippen LogP contribution in [0.3, 0.4) is 0 Å². The molecule has 0 heterocycles. The molecule has 0 aliphatic heterocycles. The van der Waals surface area contributed by atoms with Gasteiger partial charge in [-0.2, -0.15) is 0 Å². The van der Waals surface area contributed by atoms with E-state index in [0.717, 1.165) is 31.6 Å². The van der Waals surface area contributed by atoms with Gasteiger partial charge < -0.3 is 10.4 Å². The third kappa shape index (κ3) is 3.95. The lowest BCUT2D eigenvalue weighted by atomic mass is 9.78. The van der Waals surface area contributed by atoms with Crippen LogP contribution in [0.4, 0.5) is 0 Å². The van der Waals surface area contributed by atoms with Crippen LogP contribution in [-0.2, 0) is 9.59 Å². The van der Waals surface area contributed by atoms with E-state index in [1.807, 2.05) is 0 Å². The molecule has 1 amide bonds. The first-order chi connectivity index (χ1) is 9.18. The van der Waals surface area contributed by atoms with Crippen LogP contribution in [0.5, 0.6) is 0 Å². The van der Waals surface area contributed by atoms with Crippen molar-refractivity contribution in [3.8, 4) is 0 Å². The number of nitrogens with one attached hydrogen (secondary N) is 1.